The van der Waals surface area contributed by atoms with Crippen molar-refractivity contribution in [1.29, 1.82) is 0 Å². The molecule has 0 bridgehead atoms. The smallest absolute Gasteiger partial charge is 0.391 e. The normalized spacial score (nSPS) is 18.0. The van der Waals surface area contributed by atoms with E-state index >= 15 is 0 Å². The number of carbonyl (C=O) groups excluding carboxylic acids is 3. The number of piperidine rings is 1. The fraction of sp³-hybridized carbons (Fsp3) is 0.385. The van der Waals surface area contributed by atoms with Gasteiger partial charge >= 0.3 is 6.09 Å². The number of nitrogens with two attached hydrogens (primary N) is 1. The van der Waals surface area contributed by atoms with Gasteiger partial charge in [-0.1, -0.05) is 13.8 Å². The molecule has 0 radical (unpaired) electrons. The summed E-state index contributed by atoms with van der Waals surface area (Å²) in [5.41, 5.74) is 4.89. The highest BCUT2D eigenvalue weighted by Gasteiger charge is 2.38. The quantitative estimate of drug-likeness (QED) is 0.819. The van der Waals surface area contributed by atoms with Gasteiger partial charge in [0.05, 0.1) is 11.9 Å². The molecule has 2 heterocycles. The molecule has 0 aliphatic carbocycles. The lowest BCUT2D eigenvalue weighted by Gasteiger charge is -2.34. The first-order valence-corrected chi connectivity index (χ1v) is 6.08. The summed E-state index contributed by atoms with van der Waals surface area (Å²) in [5.74, 6) is -0.522. The molecule has 2 N–H and O–H groups in total. The summed E-state index contributed by atoms with van der Waals surface area (Å²) in [7, 11) is 0. The summed E-state index contributed by atoms with van der Waals surface area (Å²) in [5, 5.41) is 0. The van der Waals surface area contributed by atoms with Crippen LogP contribution < -0.4 is 15.4 Å². The standard InChI is InChI=1S/C13H15N3O4/c1-13(2)5-10(17)16(11(18)6-13)8-3-4-9(15-7-8)20-12(14)19/h3-4,7H,5-6H2,1-2H3,(H2,14,19). The Morgan fingerprint density at radius 2 is 1.90 bits per heavy atom. The highest BCUT2D eigenvalue weighted by Crippen LogP contribution is 2.33. The Labute approximate surface area is 115 Å². The van der Waals surface area contributed by atoms with Gasteiger partial charge in [-0.3, -0.25) is 9.59 Å². The van der Waals surface area contributed by atoms with Gasteiger partial charge in [0.25, 0.3) is 0 Å². The number of primary amides is 1. The molecule has 7 nitrogen and oxygen atoms in total. The second kappa shape index (κ2) is 4.92. The molecule has 1 aromatic heterocycles. The zero-order chi connectivity index (χ0) is 14.9. The second-order valence-corrected chi connectivity index (χ2v) is 5.42. The van der Waals surface area contributed by atoms with Crippen molar-refractivity contribution in [2.45, 2.75) is 26.7 Å². The number of amides is 3. The fourth-order valence-electron chi connectivity index (χ4n) is 2.13. The predicted octanol–water partition coefficient (Wildman–Crippen LogP) is 1.22. The van der Waals surface area contributed by atoms with E-state index in [1.807, 2.05) is 13.8 Å². The molecule has 0 unspecified atom stereocenters. The van der Waals surface area contributed by atoms with Crippen LogP contribution in [0.15, 0.2) is 18.3 Å². The molecule has 0 saturated carbocycles. The van der Waals surface area contributed by atoms with E-state index in [0.29, 0.717) is 5.69 Å². The van der Waals surface area contributed by atoms with E-state index in [1.165, 1.54) is 18.3 Å². The molecule has 0 spiro atoms. The lowest BCUT2D eigenvalue weighted by atomic mass is 9.81. The number of hydrogen-bond acceptors (Lipinski definition) is 5. The van der Waals surface area contributed by atoms with Crippen LogP contribution in [0.3, 0.4) is 0 Å². The number of hydrogen-bond donors (Lipinski definition) is 1. The molecule has 1 fully saturated rings. The van der Waals surface area contributed by atoms with Gasteiger partial charge in [-0.15, -0.1) is 0 Å². The first kappa shape index (κ1) is 14.0. The highest BCUT2D eigenvalue weighted by molar-refractivity contribution is 6.16. The minimum Gasteiger partial charge on any atom is -0.391 e. The van der Waals surface area contributed by atoms with E-state index < -0.39 is 6.09 Å². The molecule has 1 aliphatic rings. The van der Waals surface area contributed by atoms with Crippen molar-refractivity contribution < 1.29 is 19.1 Å². The van der Waals surface area contributed by atoms with E-state index in [-0.39, 0.29) is 36.0 Å². The van der Waals surface area contributed by atoms with Gasteiger partial charge in [-0.2, -0.15) is 0 Å². The molecule has 1 aromatic rings. The van der Waals surface area contributed by atoms with Gasteiger partial charge in [0, 0.05) is 18.9 Å². The van der Waals surface area contributed by atoms with E-state index in [0.717, 1.165) is 4.90 Å². The van der Waals surface area contributed by atoms with Gasteiger partial charge in [0.15, 0.2) is 0 Å². The van der Waals surface area contributed by atoms with E-state index in [1.54, 1.807) is 0 Å². The van der Waals surface area contributed by atoms with Crippen molar-refractivity contribution in [2.75, 3.05) is 4.90 Å². The summed E-state index contributed by atoms with van der Waals surface area (Å²) >= 11 is 0. The van der Waals surface area contributed by atoms with Crippen LogP contribution in [0.5, 0.6) is 5.88 Å². The maximum absolute atomic E-state index is 12.1. The number of rotatable bonds is 2. The topological polar surface area (TPSA) is 103 Å². The van der Waals surface area contributed by atoms with Crippen LogP contribution in [0.4, 0.5) is 10.5 Å². The average molecular weight is 277 g/mol. The van der Waals surface area contributed by atoms with Crippen molar-refractivity contribution in [1.82, 2.24) is 4.98 Å². The maximum atomic E-state index is 12.1. The summed E-state index contributed by atoms with van der Waals surface area (Å²) in [6.45, 7) is 3.75. The van der Waals surface area contributed by atoms with Crippen molar-refractivity contribution in [3.8, 4) is 5.88 Å². The minimum absolute atomic E-state index is 0.0125. The lowest BCUT2D eigenvalue weighted by Crippen LogP contribution is -2.46. The molecule has 0 atom stereocenters. The Morgan fingerprint density at radius 3 is 2.35 bits per heavy atom. The van der Waals surface area contributed by atoms with Gasteiger partial charge in [0.2, 0.25) is 17.7 Å². The monoisotopic (exact) mass is 277 g/mol. The molecule has 0 aromatic carbocycles. The third kappa shape index (κ3) is 2.93. The third-order valence-corrected chi connectivity index (χ3v) is 2.94. The number of nitrogens with zero attached hydrogens (tertiary/aromatic N) is 2. The number of carbonyl (C=O) groups is 3. The number of aromatic nitrogens is 1. The van der Waals surface area contributed by atoms with Crippen LogP contribution in [-0.2, 0) is 9.59 Å². The average Bonchev–Trinajstić information content (AvgIpc) is 2.28. The van der Waals surface area contributed by atoms with E-state index in [4.69, 9.17) is 5.73 Å². The largest absolute Gasteiger partial charge is 0.411 e. The Hall–Kier alpha value is -2.44. The fourth-order valence-corrected chi connectivity index (χ4v) is 2.13. The highest BCUT2D eigenvalue weighted by atomic mass is 16.6. The minimum atomic E-state index is -0.975. The van der Waals surface area contributed by atoms with Crippen molar-refractivity contribution in [3.05, 3.63) is 18.3 Å². The number of ether oxygens (including phenoxy) is 1. The molecule has 106 valence electrons. The van der Waals surface area contributed by atoms with Crippen LogP contribution in [-0.4, -0.2) is 22.9 Å². The lowest BCUT2D eigenvalue weighted by molar-refractivity contribution is -0.132. The maximum Gasteiger partial charge on any atom is 0.411 e. The van der Waals surface area contributed by atoms with Crippen molar-refractivity contribution >= 4 is 23.6 Å². The molecule has 1 aliphatic heterocycles. The molecule has 3 amide bonds. The zero-order valence-corrected chi connectivity index (χ0v) is 11.3. The van der Waals surface area contributed by atoms with Crippen LogP contribution in [0.2, 0.25) is 0 Å². The second-order valence-electron chi connectivity index (χ2n) is 5.42. The van der Waals surface area contributed by atoms with Crippen LogP contribution >= 0.6 is 0 Å². The summed E-state index contributed by atoms with van der Waals surface area (Å²) in [6.07, 6.45) is 0.903. The van der Waals surface area contributed by atoms with Gasteiger partial charge < -0.3 is 10.5 Å². The van der Waals surface area contributed by atoms with Gasteiger partial charge in [0.1, 0.15) is 0 Å². The SMILES string of the molecule is CC1(C)CC(=O)N(c2ccc(OC(N)=O)nc2)C(=O)C1. The number of pyridine rings is 1. The molecule has 1 saturated heterocycles. The molecule has 2 rings (SSSR count). The van der Waals surface area contributed by atoms with Crippen LogP contribution in [0.25, 0.3) is 0 Å². The zero-order valence-electron chi connectivity index (χ0n) is 11.3. The Balaban J connectivity index is 2.21. The van der Waals surface area contributed by atoms with Crippen LogP contribution in [0, 0.1) is 5.41 Å². The third-order valence-electron chi connectivity index (χ3n) is 2.94. The molecule has 20 heavy (non-hydrogen) atoms. The Bertz CT molecular complexity index is 545. The van der Waals surface area contributed by atoms with Crippen molar-refractivity contribution in [3.63, 3.8) is 0 Å². The molecular weight excluding hydrogens is 262 g/mol. The summed E-state index contributed by atoms with van der Waals surface area (Å²) in [6, 6.07) is 2.86. The Kier molecular flexibility index (Phi) is 3.44. The van der Waals surface area contributed by atoms with Gasteiger partial charge in [-0.25, -0.2) is 14.7 Å². The summed E-state index contributed by atoms with van der Waals surface area (Å²) in [4.78, 5) is 39.6. The summed E-state index contributed by atoms with van der Waals surface area (Å²) < 4.78 is 4.58. The van der Waals surface area contributed by atoms with Gasteiger partial charge in [-0.05, 0) is 11.5 Å². The van der Waals surface area contributed by atoms with Crippen molar-refractivity contribution in [2.24, 2.45) is 11.1 Å². The van der Waals surface area contributed by atoms with E-state index in [9.17, 15) is 14.4 Å². The van der Waals surface area contributed by atoms with E-state index in [2.05, 4.69) is 9.72 Å². The molecular formula is C13H15N3O4. The number of imide groups is 1. The first-order chi connectivity index (χ1) is 9.28. The predicted molar refractivity (Wildman–Crippen MR) is 70.0 cm³/mol. The van der Waals surface area contributed by atoms with Crippen LogP contribution in [0.1, 0.15) is 26.7 Å². The number of anilines is 1. The molecule has 7 heteroatoms. The first-order valence-electron chi connectivity index (χ1n) is 6.08. The Morgan fingerprint density at radius 1 is 1.30 bits per heavy atom.